The molecule has 0 amide bonds. The highest BCUT2D eigenvalue weighted by Crippen LogP contribution is 2.73. The molecule has 320 valence electrons. The summed E-state index contributed by atoms with van der Waals surface area (Å²) in [6, 6.07) is 0. The minimum Gasteiger partial charge on any atom is -0.432 e. The molecule has 18 heteroatoms. The predicted molar refractivity (Wildman–Crippen MR) is 186 cm³/mol. The van der Waals surface area contributed by atoms with Crippen molar-refractivity contribution in [3.63, 3.8) is 0 Å². The summed E-state index contributed by atoms with van der Waals surface area (Å²) in [5, 5.41) is 114. The Hall–Kier alpha value is -1.43. The van der Waals surface area contributed by atoms with Gasteiger partial charge in [-0.3, -0.25) is 4.79 Å². The van der Waals surface area contributed by atoms with Crippen molar-refractivity contribution in [2.75, 3.05) is 19.8 Å². The summed E-state index contributed by atoms with van der Waals surface area (Å²) in [5.74, 6) is -0.591. The van der Waals surface area contributed by atoms with Crippen LogP contribution in [0.5, 0.6) is 0 Å². The van der Waals surface area contributed by atoms with Crippen molar-refractivity contribution in [2.45, 2.75) is 169 Å². The lowest BCUT2D eigenvalue weighted by molar-refractivity contribution is -0.378. The Morgan fingerprint density at radius 2 is 1.21 bits per heavy atom. The van der Waals surface area contributed by atoms with Gasteiger partial charge in [-0.1, -0.05) is 19.9 Å². The zero-order valence-electron chi connectivity index (χ0n) is 31.8. The second kappa shape index (κ2) is 15.6. The molecule has 0 aromatic rings. The van der Waals surface area contributed by atoms with E-state index in [1.54, 1.807) is 0 Å². The van der Waals surface area contributed by atoms with Crippen molar-refractivity contribution in [3.05, 3.63) is 12.2 Å². The molecule has 7 fully saturated rings. The van der Waals surface area contributed by atoms with Crippen molar-refractivity contribution >= 4 is 5.97 Å². The Morgan fingerprint density at radius 1 is 0.679 bits per heavy atom. The highest BCUT2D eigenvalue weighted by atomic mass is 16.8. The van der Waals surface area contributed by atoms with Crippen LogP contribution in [-0.2, 0) is 33.2 Å². The highest BCUT2D eigenvalue weighted by Gasteiger charge is 2.69. The maximum Gasteiger partial charge on any atom is 0.314 e. The minimum absolute atomic E-state index is 0.121. The number of esters is 1. The van der Waals surface area contributed by atoms with Gasteiger partial charge in [-0.2, -0.15) is 0 Å². The Balaban J connectivity index is 1.10. The van der Waals surface area contributed by atoms with E-state index in [-0.39, 0.29) is 22.7 Å². The Kier molecular flexibility index (Phi) is 11.9. The Labute approximate surface area is 324 Å². The lowest BCUT2D eigenvalue weighted by Crippen LogP contribution is -2.65. The quantitative estimate of drug-likeness (QED) is 0.0631. The molecule has 0 radical (unpaired) electrons. The molecule has 3 aliphatic heterocycles. The monoisotopic (exact) mass is 804 g/mol. The molecule has 3 unspecified atom stereocenters. The van der Waals surface area contributed by atoms with Gasteiger partial charge in [-0.25, -0.2) is 0 Å². The topological polar surface area (TPSA) is 295 Å². The Morgan fingerprint density at radius 3 is 1.82 bits per heavy atom. The third kappa shape index (κ3) is 6.69. The molecular formula is C38H60O18. The van der Waals surface area contributed by atoms with Crippen LogP contribution in [0.1, 0.15) is 71.6 Å². The van der Waals surface area contributed by atoms with Crippen molar-refractivity contribution in [1.82, 2.24) is 0 Å². The molecule has 7 rings (SSSR count). The molecular weight excluding hydrogens is 744 g/mol. The Bertz CT molecular complexity index is 1450. The average Bonchev–Trinajstić information content (AvgIpc) is 3.37. The summed E-state index contributed by atoms with van der Waals surface area (Å²) >= 11 is 0. The van der Waals surface area contributed by atoms with E-state index in [4.69, 9.17) is 28.4 Å². The summed E-state index contributed by atoms with van der Waals surface area (Å²) in [6.07, 6.45) is -17.8. The van der Waals surface area contributed by atoms with Crippen LogP contribution in [0.15, 0.2) is 12.2 Å². The first-order valence-corrected chi connectivity index (χ1v) is 19.9. The molecule has 4 saturated carbocycles. The fourth-order valence-electron chi connectivity index (χ4n) is 12.0. The molecule has 4 aliphatic carbocycles. The van der Waals surface area contributed by atoms with Gasteiger partial charge in [0, 0.05) is 0 Å². The number of aliphatic hydroxyl groups is 11. The van der Waals surface area contributed by atoms with E-state index in [0.29, 0.717) is 44.9 Å². The normalized spacial score (nSPS) is 54.6. The number of ether oxygens (including phenoxy) is 6. The van der Waals surface area contributed by atoms with E-state index >= 15 is 0 Å². The highest BCUT2D eigenvalue weighted by molar-refractivity contribution is 5.77. The van der Waals surface area contributed by atoms with E-state index in [2.05, 4.69) is 13.5 Å². The van der Waals surface area contributed by atoms with Crippen LogP contribution in [0.4, 0.5) is 0 Å². The number of rotatable bonds is 9. The van der Waals surface area contributed by atoms with E-state index in [9.17, 15) is 61.0 Å². The largest absolute Gasteiger partial charge is 0.432 e. The van der Waals surface area contributed by atoms with Gasteiger partial charge in [0.15, 0.2) is 12.6 Å². The van der Waals surface area contributed by atoms with Gasteiger partial charge < -0.3 is 84.6 Å². The van der Waals surface area contributed by atoms with Gasteiger partial charge in [0.1, 0.15) is 73.2 Å². The first-order valence-electron chi connectivity index (χ1n) is 19.9. The third-order valence-electron chi connectivity index (χ3n) is 15.0. The lowest BCUT2D eigenvalue weighted by Gasteiger charge is -2.64. The van der Waals surface area contributed by atoms with E-state index < -0.39 is 129 Å². The van der Waals surface area contributed by atoms with Crippen LogP contribution < -0.4 is 0 Å². The van der Waals surface area contributed by atoms with Gasteiger partial charge >= 0.3 is 5.97 Å². The van der Waals surface area contributed by atoms with E-state index in [1.165, 1.54) is 0 Å². The summed E-state index contributed by atoms with van der Waals surface area (Å²) in [7, 11) is 0. The number of carbonyl (C=O) groups is 1. The maximum atomic E-state index is 14.1. The summed E-state index contributed by atoms with van der Waals surface area (Å²) in [4.78, 5) is 14.1. The van der Waals surface area contributed by atoms with Crippen LogP contribution in [0.3, 0.4) is 0 Å². The summed E-state index contributed by atoms with van der Waals surface area (Å²) in [6.45, 7) is 6.52. The second-order valence-corrected chi connectivity index (χ2v) is 18.0. The van der Waals surface area contributed by atoms with E-state index in [1.807, 2.05) is 6.92 Å². The SMILES string of the molecule is C=C1CC23CCC4C(C)(C(=O)O[C@@H]5O[C@H](CO)[C@@H](O)[C@H](O)[C@H]5O)CCC[C@]4(C)[C@H]2CC[C@]1(O[C@@H]1O[C@H](CO)[C@@H](O)[C@H](O)[C@H]1O[C@@H]1O[C@H](CO)[C@@H](O)[C@H](O)[C@H]1O)C3. The molecule has 11 N–H and O–H groups in total. The van der Waals surface area contributed by atoms with Crippen molar-refractivity contribution in [3.8, 4) is 0 Å². The van der Waals surface area contributed by atoms with Crippen LogP contribution in [0.2, 0.25) is 0 Å². The summed E-state index contributed by atoms with van der Waals surface area (Å²) < 4.78 is 35.6. The number of fused-ring (bicyclic) bond motifs is 3. The zero-order valence-corrected chi connectivity index (χ0v) is 31.8. The first kappa shape index (κ1) is 42.7. The number of aliphatic hydroxyl groups excluding tert-OH is 11. The van der Waals surface area contributed by atoms with Crippen molar-refractivity contribution < 1.29 is 89.4 Å². The molecule has 3 saturated heterocycles. The molecule has 0 aromatic carbocycles. The number of hydrogen-bond donors (Lipinski definition) is 11. The van der Waals surface area contributed by atoms with Crippen LogP contribution >= 0.6 is 0 Å². The van der Waals surface area contributed by atoms with Crippen molar-refractivity contribution in [2.24, 2.45) is 28.1 Å². The molecule has 7 aliphatic rings. The number of carbonyl (C=O) groups excluding carboxylic acids is 1. The smallest absolute Gasteiger partial charge is 0.314 e. The van der Waals surface area contributed by atoms with Gasteiger partial charge in [0.2, 0.25) is 6.29 Å². The van der Waals surface area contributed by atoms with Gasteiger partial charge in [-0.15, -0.1) is 0 Å². The molecule has 1 spiro atoms. The van der Waals surface area contributed by atoms with Crippen LogP contribution in [0, 0.1) is 28.1 Å². The molecule has 18 nitrogen and oxygen atoms in total. The number of hydrogen-bond acceptors (Lipinski definition) is 18. The summed E-state index contributed by atoms with van der Waals surface area (Å²) in [5.41, 5.74) is -1.80. The molecule has 21 atom stereocenters. The third-order valence-corrected chi connectivity index (χ3v) is 15.0. The van der Waals surface area contributed by atoms with Crippen LogP contribution in [0.25, 0.3) is 0 Å². The first-order chi connectivity index (χ1) is 26.4. The fraction of sp³-hybridized carbons (Fsp3) is 0.921. The van der Waals surface area contributed by atoms with Gasteiger partial charge in [0.05, 0.1) is 30.8 Å². The minimum atomic E-state index is -1.81. The average molecular weight is 805 g/mol. The van der Waals surface area contributed by atoms with Gasteiger partial charge in [-0.05, 0) is 86.5 Å². The molecule has 3 heterocycles. The molecule has 2 bridgehead atoms. The molecule has 56 heavy (non-hydrogen) atoms. The fourth-order valence-corrected chi connectivity index (χ4v) is 12.0. The van der Waals surface area contributed by atoms with Crippen LogP contribution in [-0.4, -0.2) is 180 Å². The molecule has 0 aromatic heterocycles. The van der Waals surface area contributed by atoms with E-state index in [0.717, 1.165) is 18.4 Å². The standard InChI is InChI=1S/C38H60O18/c1-16-11-37-9-5-20-35(2,7-4-8-36(20,3)34(50)55-32-29(49)26(46)23(43)18(13-40)52-32)21(37)6-10-38(16,15-37)56-33-30(27(47)24(44)19(14-41)53-33)54-31-28(48)25(45)22(42)17(12-39)51-31/h17-33,39-49H,1,4-15H2,2-3H3/t17-,18-,19-,20?,21-,22-,23-,24-,25+,26+,27+,28-,29-,30-,31+,32+,33+,35+,36?,37?,38+/m1/s1. The zero-order chi connectivity index (χ0) is 40.7. The predicted octanol–water partition coefficient (Wildman–Crippen LogP) is -2.94. The van der Waals surface area contributed by atoms with Crippen molar-refractivity contribution in [1.29, 1.82) is 0 Å². The maximum absolute atomic E-state index is 14.1. The lowest BCUT2D eigenvalue weighted by atomic mass is 9.41. The second-order valence-electron chi connectivity index (χ2n) is 18.0. The van der Waals surface area contributed by atoms with Gasteiger partial charge in [0.25, 0.3) is 0 Å².